The van der Waals surface area contributed by atoms with Gasteiger partial charge in [0.15, 0.2) is 0 Å². The molecule has 0 aliphatic carbocycles. The first-order valence-corrected chi connectivity index (χ1v) is 8.77. The number of thioether (sulfide) groups is 1. The van der Waals surface area contributed by atoms with E-state index in [1.165, 1.54) is 23.1 Å². The van der Waals surface area contributed by atoms with E-state index in [2.05, 4.69) is 45.9 Å². The summed E-state index contributed by atoms with van der Waals surface area (Å²) in [5.74, 6) is 1.84. The molecule has 1 atom stereocenters. The summed E-state index contributed by atoms with van der Waals surface area (Å²) in [5, 5.41) is 9.17. The molecule has 1 unspecified atom stereocenters. The van der Waals surface area contributed by atoms with Crippen LogP contribution in [0.4, 0.5) is 0 Å². The van der Waals surface area contributed by atoms with Crippen LogP contribution in [0.15, 0.2) is 34.9 Å². The molecule has 0 aliphatic rings. The first kappa shape index (κ1) is 19.5. The maximum atomic E-state index is 9.17. The summed E-state index contributed by atoms with van der Waals surface area (Å²) in [6, 6.07) is 0. The maximum Gasteiger partial charge on any atom is 0.0602 e. The van der Waals surface area contributed by atoms with Crippen molar-refractivity contribution in [3.8, 4) is 0 Å². The summed E-state index contributed by atoms with van der Waals surface area (Å²) in [5.41, 5.74) is 4.36. The van der Waals surface area contributed by atoms with Crippen LogP contribution in [0.2, 0.25) is 0 Å². The Morgan fingerprint density at radius 3 is 2.05 bits per heavy atom. The SMILES string of the molecule is CC(C)=CCC/C(C)=C/CC/C(C)=C/CSCC(C)O. The van der Waals surface area contributed by atoms with Crippen LogP contribution in [-0.2, 0) is 0 Å². The van der Waals surface area contributed by atoms with Crippen LogP contribution in [0, 0.1) is 0 Å². The second-order valence-electron chi connectivity index (χ2n) is 5.85. The zero-order valence-corrected chi connectivity index (χ0v) is 14.7. The lowest BCUT2D eigenvalue weighted by Gasteiger charge is -2.03. The van der Waals surface area contributed by atoms with Crippen molar-refractivity contribution in [1.29, 1.82) is 0 Å². The third-order valence-electron chi connectivity index (χ3n) is 3.03. The van der Waals surface area contributed by atoms with Crippen molar-refractivity contribution in [1.82, 2.24) is 0 Å². The summed E-state index contributed by atoms with van der Waals surface area (Å²) in [6.07, 6.45) is 11.4. The topological polar surface area (TPSA) is 20.2 Å². The minimum atomic E-state index is -0.194. The van der Waals surface area contributed by atoms with E-state index >= 15 is 0 Å². The van der Waals surface area contributed by atoms with Crippen molar-refractivity contribution in [3.63, 3.8) is 0 Å². The minimum absolute atomic E-state index is 0.194. The molecule has 1 N–H and O–H groups in total. The van der Waals surface area contributed by atoms with Gasteiger partial charge in [0.05, 0.1) is 6.10 Å². The predicted molar refractivity (Wildman–Crippen MR) is 94.4 cm³/mol. The highest BCUT2D eigenvalue weighted by molar-refractivity contribution is 7.99. The summed E-state index contributed by atoms with van der Waals surface area (Å²) in [7, 11) is 0. The van der Waals surface area contributed by atoms with Gasteiger partial charge in [0, 0.05) is 11.5 Å². The van der Waals surface area contributed by atoms with Crippen LogP contribution < -0.4 is 0 Å². The average molecular weight is 297 g/mol. The van der Waals surface area contributed by atoms with Crippen LogP contribution in [0.1, 0.15) is 60.3 Å². The Morgan fingerprint density at radius 1 is 0.950 bits per heavy atom. The molecule has 0 saturated heterocycles. The molecule has 1 nitrogen and oxygen atoms in total. The standard InChI is InChI=1S/C18H32OS/c1-15(2)8-6-9-16(3)10-7-11-17(4)12-13-20-14-18(5)19/h8,10,12,18-19H,6-7,9,11,13-14H2,1-5H3/b16-10+,17-12+. The molecule has 0 aromatic rings. The van der Waals surface area contributed by atoms with Gasteiger partial charge >= 0.3 is 0 Å². The van der Waals surface area contributed by atoms with Crippen molar-refractivity contribution < 1.29 is 5.11 Å². The van der Waals surface area contributed by atoms with Gasteiger partial charge in [-0.1, -0.05) is 34.9 Å². The number of rotatable bonds is 10. The third kappa shape index (κ3) is 14.0. The van der Waals surface area contributed by atoms with E-state index in [1.807, 2.05) is 6.92 Å². The van der Waals surface area contributed by atoms with Crippen LogP contribution >= 0.6 is 11.8 Å². The zero-order chi connectivity index (χ0) is 15.4. The van der Waals surface area contributed by atoms with E-state index in [1.54, 1.807) is 11.8 Å². The molecule has 116 valence electrons. The number of aliphatic hydroxyl groups excluding tert-OH is 1. The molecule has 0 aromatic heterocycles. The van der Waals surface area contributed by atoms with E-state index in [-0.39, 0.29) is 6.10 Å². The number of hydrogen-bond donors (Lipinski definition) is 1. The lowest BCUT2D eigenvalue weighted by atomic mass is 10.1. The Kier molecular flexibility index (Phi) is 12.0. The molecule has 0 saturated carbocycles. The minimum Gasteiger partial charge on any atom is -0.393 e. The Bertz CT molecular complexity index is 333. The van der Waals surface area contributed by atoms with Gasteiger partial charge in [0.2, 0.25) is 0 Å². The van der Waals surface area contributed by atoms with Crippen LogP contribution in [-0.4, -0.2) is 22.7 Å². The third-order valence-corrected chi connectivity index (χ3v) is 4.15. The van der Waals surface area contributed by atoms with Gasteiger partial charge in [0.25, 0.3) is 0 Å². The Hall–Kier alpha value is -0.470. The molecule has 0 heterocycles. The summed E-state index contributed by atoms with van der Waals surface area (Å²) < 4.78 is 0. The maximum absolute atomic E-state index is 9.17. The van der Waals surface area contributed by atoms with Gasteiger partial charge < -0.3 is 5.11 Å². The number of allylic oxidation sites excluding steroid dienone is 5. The summed E-state index contributed by atoms with van der Waals surface area (Å²) in [4.78, 5) is 0. The highest BCUT2D eigenvalue weighted by Crippen LogP contribution is 2.12. The van der Waals surface area contributed by atoms with Gasteiger partial charge in [-0.3, -0.25) is 0 Å². The summed E-state index contributed by atoms with van der Waals surface area (Å²) in [6.45, 7) is 10.6. The molecule has 0 aliphatic heterocycles. The molecule has 0 fully saturated rings. The van der Waals surface area contributed by atoms with Crippen LogP contribution in [0.5, 0.6) is 0 Å². The molecule has 2 heteroatoms. The highest BCUT2D eigenvalue weighted by atomic mass is 32.2. The molecular weight excluding hydrogens is 264 g/mol. The van der Waals surface area contributed by atoms with Crippen molar-refractivity contribution in [2.45, 2.75) is 66.4 Å². The first-order valence-electron chi connectivity index (χ1n) is 7.62. The van der Waals surface area contributed by atoms with Crippen LogP contribution in [0.3, 0.4) is 0 Å². The predicted octanol–water partition coefficient (Wildman–Crippen LogP) is 5.52. The number of hydrogen-bond acceptors (Lipinski definition) is 2. The van der Waals surface area contributed by atoms with E-state index in [0.717, 1.165) is 30.8 Å². The largest absolute Gasteiger partial charge is 0.393 e. The summed E-state index contributed by atoms with van der Waals surface area (Å²) >= 11 is 1.79. The molecule has 0 amide bonds. The lowest BCUT2D eigenvalue weighted by Crippen LogP contribution is -2.02. The normalized spacial score (nSPS) is 14.3. The van der Waals surface area contributed by atoms with Crippen molar-refractivity contribution in [2.75, 3.05) is 11.5 Å². The van der Waals surface area contributed by atoms with Crippen LogP contribution in [0.25, 0.3) is 0 Å². The number of aliphatic hydroxyl groups is 1. The van der Waals surface area contributed by atoms with E-state index in [4.69, 9.17) is 0 Å². The fourth-order valence-electron chi connectivity index (χ4n) is 1.78. The quantitative estimate of drug-likeness (QED) is 0.423. The second kappa shape index (κ2) is 12.3. The average Bonchev–Trinajstić information content (AvgIpc) is 2.34. The fraction of sp³-hybridized carbons (Fsp3) is 0.667. The smallest absolute Gasteiger partial charge is 0.0602 e. The van der Waals surface area contributed by atoms with Crippen molar-refractivity contribution in [2.24, 2.45) is 0 Å². The fourth-order valence-corrected chi connectivity index (χ4v) is 2.66. The van der Waals surface area contributed by atoms with Gasteiger partial charge in [-0.05, 0) is 60.3 Å². The molecular formula is C18H32OS. The van der Waals surface area contributed by atoms with Gasteiger partial charge in [-0.15, -0.1) is 0 Å². The van der Waals surface area contributed by atoms with Gasteiger partial charge in [0.1, 0.15) is 0 Å². The van der Waals surface area contributed by atoms with Crippen molar-refractivity contribution in [3.05, 3.63) is 34.9 Å². The molecule has 0 radical (unpaired) electrons. The Morgan fingerprint density at radius 2 is 1.50 bits per heavy atom. The Balaban J connectivity index is 3.79. The zero-order valence-electron chi connectivity index (χ0n) is 13.9. The highest BCUT2D eigenvalue weighted by Gasteiger charge is 1.95. The van der Waals surface area contributed by atoms with E-state index < -0.39 is 0 Å². The van der Waals surface area contributed by atoms with Gasteiger partial charge in [-0.2, -0.15) is 11.8 Å². The van der Waals surface area contributed by atoms with Crippen molar-refractivity contribution >= 4 is 11.8 Å². The Labute approximate surface area is 130 Å². The monoisotopic (exact) mass is 296 g/mol. The molecule has 20 heavy (non-hydrogen) atoms. The lowest BCUT2D eigenvalue weighted by molar-refractivity contribution is 0.220. The molecule has 0 spiro atoms. The first-order chi connectivity index (χ1) is 9.41. The van der Waals surface area contributed by atoms with E-state index in [0.29, 0.717) is 0 Å². The van der Waals surface area contributed by atoms with Gasteiger partial charge in [-0.25, -0.2) is 0 Å². The molecule has 0 bridgehead atoms. The molecule has 0 rings (SSSR count). The van der Waals surface area contributed by atoms with E-state index in [9.17, 15) is 5.11 Å². The second-order valence-corrected chi connectivity index (χ2v) is 6.92. The molecule has 0 aromatic carbocycles.